The Balaban J connectivity index is 1.97. The zero-order valence-corrected chi connectivity index (χ0v) is 20.9. The number of carboxylic acid groups (broad SMARTS) is 1. The Morgan fingerprint density at radius 2 is 1.47 bits per heavy atom. The van der Waals surface area contributed by atoms with E-state index in [2.05, 4.69) is 49.6 Å². The van der Waals surface area contributed by atoms with Crippen LogP contribution in [0.2, 0.25) is 5.02 Å². The van der Waals surface area contributed by atoms with Gasteiger partial charge in [-0.2, -0.15) is 0 Å². The molecule has 6 heteroatoms. The normalized spacial score (nSPS) is 14.1. The predicted molar refractivity (Wildman–Crippen MR) is 139 cm³/mol. The topological polar surface area (TPSA) is 53.0 Å². The Morgan fingerprint density at radius 3 is 2.12 bits per heavy atom. The SMILES string of the molecule is CCN(CC)c1ccc2c(c1)Oc1cc(N(CC)CC)cc(Cl)c1C2c1ccccc1C(=O)O. The van der Waals surface area contributed by atoms with Gasteiger partial charge in [0.1, 0.15) is 11.5 Å². The van der Waals surface area contributed by atoms with Crippen LogP contribution in [0, 0.1) is 0 Å². The predicted octanol–water partition coefficient (Wildman–Crippen LogP) is 7.02. The van der Waals surface area contributed by atoms with Crippen molar-refractivity contribution in [1.29, 1.82) is 0 Å². The van der Waals surface area contributed by atoms with Gasteiger partial charge < -0.3 is 19.6 Å². The molecule has 0 aromatic heterocycles. The number of hydrogen-bond donors (Lipinski definition) is 1. The Bertz CT molecular complexity index is 1200. The molecular formula is C28H31ClN2O3. The Morgan fingerprint density at radius 1 is 0.853 bits per heavy atom. The van der Waals surface area contributed by atoms with Crippen molar-refractivity contribution in [3.8, 4) is 11.5 Å². The molecule has 1 atom stereocenters. The van der Waals surface area contributed by atoms with Crippen LogP contribution in [-0.4, -0.2) is 37.3 Å². The molecule has 3 aromatic carbocycles. The van der Waals surface area contributed by atoms with Crippen molar-refractivity contribution >= 4 is 28.9 Å². The van der Waals surface area contributed by atoms with E-state index in [1.54, 1.807) is 12.1 Å². The molecule has 4 rings (SSSR count). The molecular weight excluding hydrogens is 448 g/mol. The number of nitrogens with zero attached hydrogens (tertiary/aromatic N) is 2. The Labute approximate surface area is 206 Å². The van der Waals surface area contributed by atoms with Crippen LogP contribution >= 0.6 is 11.6 Å². The molecule has 0 saturated carbocycles. The summed E-state index contributed by atoms with van der Waals surface area (Å²) in [6, 6.07) is 17.3. The first-order chi connectivity index (χ1) is 16.4. The molecule has 0 amide bonds. The average Bonchev–Trinajstić information content (AvgIpc) is 2.84. The molecule has 0 aliphatic carbocycles. The van der Waals surface area contributed by atoms with Gasteiger partial charge >= 0.3 is 5.97 Å². The molecule has 0 spiro atoms. The van der Waals surface area contributed by atoms with E-state index in [1.807, 2.05) is 30.3 Å². The van der Waals surface area contributed by atoms with Crippen molar-refractivity contribution in [3.63, 3.8) is 0 Å². The van der Waals surface area contributed by atoms with Gasteiger partial charge in [-0.3, -0.25) is 0 Å². The number of benzene rings is 3. The van der Waals surface area contributed by atoms with E-state index in [0.717, 1.165) is 54.4 Å². The van der Waals surface area contributed by atoms with E-state index in [1.165, 1.54) is 0 Å². The molecule has 1 N–H and O–H groups in total. The molecule has 1 aliphatic heterocycles. The fourth-order valence-electron chi connectivity index (χ4n) is 4.89. The second-order valence-corrected chi connectivity index (χ2v) is 8.74. The van der Waals surface area contributed by atoms with Crippen molar-refractivity contribution < 1.29 is 14.6 Å². The van der Waals surface area contributed by atoms with Gasteiger partial charge in [0.15, 0.2) is 0 Å². The molecule has 1 unspecified atom stereocenters. The summed E-state index contributed by atoms with van der Waals surface area (Å²) in [4.78, 5) is 16.6. The zero-order chi connectivity index (χ0) is 24.4. The molecule has 34 heavy (non-hydrogen) atoms. The first kappa shape index (κ1) is 24.0. The van der Waals surface area contributed by atoms with Crippen molar-refractivity contribution in [2.75, 3.05) is 36.0 Å². The molecule has 5 nitrogen and oxygen atoms in total. The van der Waals surface area contributed by atoms with Crippen LogP contribution < -0.4 is 14.5 Å². The number of rotatable bonds is 8. The van der Waals surface area contributed by atoms with Crippen LogP contribution in [0.15, 0.2) is 54.6 Å². The monoisotopic (exact) mass is 478 g/mol. The first-order valence-corrected chi connectivity index (χ1v) is 12.3. The smallest absolute Gasteiger partial charge is 0.335 e. The lowest BCUT2D eigenvalue weighted by Crippen LogP contribution is -2.23. The maximum Gasteiger partial charge on any atom is 0.335 e. The lowest BCUT2D eigenvalue weighted by molar-refractivity contribution is 0.0695. The summed E-state index contributed by atoms with van der Waals surface area (Å²) in [7, 11) is 0. The quantitative estimate of drug-likeness (QED) is 0.295. The maximum atomic E-state index is 12.1. The average molecular weight is 479 g/mol. The van der Waals surface area contributed by atoms with Crippen LogP contribution in [0.25, 0.3) is 0 Å². The standard InChI is InChI=1S/C28H31ClN2O3/c1-5-30(6-2)18-13-14-22-24(16-18)34-25-17-19(31(7-3)8-4)15-23(29)27(25)26(22)20-11-9-10-12-21(20)28(32)33/h9-17,26H,5-8H2,1-4H3,(H,32,33). The van der Waals surface area contributed by atoms with Gasteiger partial charge in [-0.15, -0.1) is 0 Å². The van der Waals surface area contributed by atoms with Crippen LogP contribution in [-0.2, 0) is 0 Å². The van der Waals surface area contributed by atoms with Gasteiger partial charge in [-0.05, 0) is 51.5 Å². The highest BCUT2D eigenvalue weighted by molar-refractivity contribution is 6.32. The summed E-state index contributed by atoms with van der Waals surface area (Å²) in [6.07, 6.45) is 0. The van der Waals surface area contributed by atoms with Crippen LogP contribution in [0.1, 0.15) is 60.7 Å². The van der Waals surface area contributed by atoms with Gasteiger partial charge in [0, 0.05) is 66.7 Å². The van der Waals surface area contributed by atoms with E-state index in [-0.39, 0.29) is 11.5 Å². The van der Waals surface area contributed by atoms with E-state index >= 15 is 0 Å². The molecule has 3 aromatic rings. The first-order valence-electron chi connectivity index (χ1n) is 11.9. The molecule has 0 radical (unpaired) electrons. The number of carboxylic acids is 1. The number of fused-ring (bicyclic) bond motifs is 2. The van der Waals surface area contributed by atoms with Crippen LogP contribution in [0.5, 0.6) is 11.5 Å². The number of hydrogen-bond acceptors (Lipinski definition) is 4. The van der Waals surface area contributed by atoms with Crippen molar-refractivity contribution in [3.05, 3.63) is 81.9 Å². The minimum Gasteiger partial charge on any atom is -0.478 e. The van der Waals surface area contributed by atoms with Gasteiger partial charge in [-0.1, -0.05) is 35.9 Å². The molecule has 0 saturated heterocycles. The third kappa shape index (κ3) is 4.21. The summed E-state index contributed by atoms with van der Waals surface area (Å²) in [5, 5.41) is 10.5. The van der Waals surface area contributed by atoms with Gasteiger partial charge in [0.25, 0.3) is 0 Å². The lowest BCUT2D eigenvalue weighted by Gasteiger charge is -2.33. The second-order valence-electron chi connectivity index (χ2n) is 8.33. The molecule has 0 bridgehead atoms. The minimum absolute atomic E-state index is 0.267. The highest BCUT2D eigenvalue weighted by Gasteiger charge is 2.34. The van der Waals surface area contributed by atoms with Gasteiger partial charge in [-0.25, -0.2) is 4.79 Å². The van der Waals surface area contributed by atoms with Crippen LogP contribution in [0.4, 0.5) is 11.4 Å². The van der Waals surface area contributed by atoms with E-state index in [9.17, 15) is 9.90 Å². The van der Waals surface area contributed by atoms with Crippen LogP contribution in [0.3, 0.4) is 0 Å². The summed E-state index contributed by atoms with van der Waals surface area (Å²) in [5.74, 6) is 0.0922. The molecule has 178 valence electrons. The number of halogens is 1. The zero-order valence-electron chi connectivity index (χ0n) is 20.1. The van der Waals surface area contributed by atoms with Crippen molar-refractivity contribution in [1.82, 2.24) is 0 Å². The maximum absolute atomic E-state index is 12.1. The highest BCUT2D eigenvalue weighted by atomic mass is 35.5. The summed E-state index contributed by atoms with van der Waals surface area (Å²) in [5.41, 5.74) is 4.74. The fourth-order valence-corrected chi connectivity index (χ4v) is 5.20. The molecule has 1 aliphatic rings. The largest absolute Gasteiger partial charge is 0.478 e. The Kier molecular flexibility index (Phi) is 7.03. The third-order valence-corrected chi connectivity index (χ3v) is 6.97. The summed E-state index contributed by atoms with van der Waals surface area (Å²) < 4.78 is 6.48. The second kappa shape index (κ2) is 9.98. The molecule has 1 heterocycles. The minimum atomic E-state index is -0.958. The van der Waals surface area contributed by atoms with Crippen molar-refractivity contribution in [2.45, 2.75) is 33.6 Å². The molecule has 0 fully saturated rings. The highest BCUT2D eigenvalue weighted by Crippen LogP contribution is 2.52. The fraction of sp³-hybridized carbons (Fsp3) is 0.321. The van der Waals surface area contributed by atoms with E-state index in [0.29, 0.717) is 16.3 Å². The number of anilines is 2. The number of ether oxygens (including phenoxy) is 1. The lowest BCUT2D eigenvalue weighted by atomic mass is 9.80. The Hall–Kier alpha value is -3.18. The summed E-state index contributed by atoms with van der Waals surface area (Å²) in [6.45, 7) is 11.9. The van der Waals surface area contributed by atoms with E-state index < -0.39 is 5.97 Å². The number of carbonyl (C=O) groups is 1. The number of aromatic carboxylic acids is 1. The summed E-state index contributed by atoms with van der Waals surface area (Å²) >= 11 is 6.91. The van der Waals surface area contributed by atoms with E-state index in [4.69, 9.17) is 16.3 Å². The van der Waals surface area contributed by atoms with Gasteiger partial charge in [0.05, 0.1) is 10.6 Å². The van der Waals surface area contributed by atoms with Gasteiger partial charge in [0.2, 0.25) is 0 Å². The third-order valence-electron chi connectivity index (χ3n) is 6.65. The van der Waals surface area contributed by atoms with Crippen molar-refractivity contribution in [2.24, 2.45) is 0 Å².